The zero-order chi connectivity index (χ0) is 18.7. The number of halogens is 2. The maximum Gasteiger partial charge on any atom is 0.315 e. The number of carboxylic acids is 1. The summed E-state index contributed by atoms with van der Waals surface area (Å²) in [4.78, 5) is 33.9. The van der Waals surface area contributed by atoms with Crippen molar-refractivity contribution in [3.8, 4) is 0 Å². The molecule has 1 atom stereocenters. The second kappa shape index (κ2) is 11.0. The fourth-order valence-corrected chi connectivity index (χ4v) is 2.07. The van der Waals surface area contributed by atoms with Crippen LogP contribution in [0, 0.1) is 0 Å². The summed E-state index contributed by atoms with van der Waals surface area (Å²) < 4.78 is 23.9. The lowest BCUT2D eigenvalue weighted by Gasteiger charge is -2.18. The van der Waals surface area contributed by atoms with Gasteiger partial charge in [-0.1, -0.05) is 30.3 Å². The molecule has 1 rings (SSSR count). The van der Waals surface area contributed by atoms with Gasteiger partial charge in [0.2, 0.25) is 5.91 Å². The average Bonchev–Trinajstić information content (AvgIpc) is 2.57. The van der Waals surface area contributed by atoms with Crippen LogP contribution in [0.25, 0.3) is 0 Å². The van der Waals surface area contributed by atoms with Crippen molar-refractivity contribution < 1.29 is 28.3 Å². The van der Waals surface area contributed by atoms with E-state index in [1.54, 1.807) is 0 Å². The Bertz CT molecular complexity index is 570. The zero-order valence-electron chi connectivity index (χ0n) is 13.5. The molecule has 0 radical (unpaired) electrons. The summed E-state index contributed by atoms with van der Waals surface area (Å²) in [6, 6.07) is 8.10. The molecular formula is C16H21F2N3O4. The van der Waals surface area contributed by atoms with Crippen molar-refractivity contribution in [1.29, 1.82) is 0 Å². The van der Waals surface area contributed by atoms with Crippen LogP contribution in [-0.2, 0) is 16.0 Å². The number of carbonyl (C=O) groups excluding carboxylic acids is 2. The molecule has 0 aliphatic carbocycles. The zero-order valence-corrected chi connectivity index (χ0v) is 13.5. The summed E-state index contributed by atoms with van der Waals surface area (Å²) in [5.74, 6) is -1.72. The van der Waals surface area contributed by atoms with Gasteiger partial charge in [0.05, 0.1) is 13.1 Å². The summed E-state index contributed by atoms with van der Waals surface area (Å²) in [5, 5.41) is 15.6. The Morgan fingerprint density at radius 1 is 1.08 bits per heavy atom. The van der Waals surface area contributed by atoms with Gasteiger partial charge in [-0.25, -0.2) is 13.6 Å². The van der Waals surface area contributed by atoms with Gasteiger partial charge in [-0.15, -0.1) is 0 Å². The molecule has 4 N–H and O–H groups in total. The molecule has 0 aliphatic heterocycles. The Morgan fingerprint density at radius 2 is 1.76 bits per heavy atom. The normalized spacial score (nSPS) is 11.6. The summed E-state index contributed by atoms with van der Waals surface area (Å²) in [5.41, 5.74) is 0.924. The summed E-state index contributed by atoms with van der Waals surface area (Å²) in [7, 11) is 0. The molecule has 0 spiro atoms. The molecule has 0 bridgehead atoms. The molecule has 0 heterocycles. The first kappa shape index (κ1) is 20.3. The smallest absolute Gasteiger partial charge is 0.315 e. The van der Waals surface area contributed by atoms with Crippen LogP contribution in [0.15, 0.2) is 30.3 Å². The average molecular weight is 357 g/mol. The van der Waals surface area contributed by atoms with Gasteiger partial charge in [-0.05, 0) is 18.4 Å². The summed E-state index contributed by atoms with van der Waals surface area (Å²) in [6.45, 7) is -1.23. The van der Waals surface area contributed by atoms with E-state index >= 15 is 0 Å². The van der Waals surface area contributed by atoms with Crippen molar-refractivity contribution >= 4 is 17.9 Å². The highest BCUT2D eigenvalue weighted by Gasteiger charge is 2.15. The number of hydrogen-bond donors (Lipinski definition) is 4. The highest BCUT2D eigenvalue weighted by Crippen LogP contribution is 2.08. The number of alkyl halides is 2. The molecule has 25 heavy (non-hydrogen) atoms. The van der Waals surface area contributed by atoms with Crippen LogP contribution >= 0.6 is 0 Å². The number of rotatable bonds is 10. The molecule has 9 heteroatoms. The predicted octanol–water partition coefficient (Wildman–Crippen LogP) is 1.14. The number of aliphatic carboxylic acids is 1. The molecule has 1 aromatic rings. The molecular weight excluding hydrogens is 336 g/mol. The first-order chi connectivity index (χ1) is 11.9. The Morgan fingerprint density at radius 3 is 2.36 bits per heavy atom. The van der Waals surface area contributed by atoms with Gasteiger partial charge in [0, 0.05) is 12.5 Å². The highest BCUT2D eigenvalue weighted by atomic mass is 19.3. The number of benzene rings is 1. The molecule has 138 valence electrons. The fraction of sp³-hybridized carbons (Fsp3) is 0.438. The van der Waals surface area contributed by atoms with E-state index in [0.717, 1.165) is 5.56 Å². The lowest BCUT2D eigenvalue weighted by atomic mass is 10.0. The monoisotopic (exact) mass is 357 g/mol. The summed E-state index contributed by atoms with van der Waals surface area (Å²) in [6.07, 6.45) is -2.13. The number of amides is 3. The topological polar surface area (TPSA) is 108 Å². The van der Waals surface area contributed by atoms with Crippen LogP contribution in [0.1, 0.15) is 18.4 Å². The molecule has 7 nitrogen and oxygen atoms in total. The number of carboxylic acid groups (broad SMARTS) is 1. The van der Waals surface area contributed by atoms with Crippen molar-refractivity contribution in [3.05, 3.63) is 35.9 Å². The molecule has 0 saturated carbocycles. The Labute approximate surface area is 143 Å². The van der Waals surface area contributed by atoms with Crippen LogP contribution in [0.4, 0.5) is 13.6 Å². The molecule has 0 aromatic heterocycles. The lowest BCUT2D eigenvalue weighted by Crippen LogP contribution is -2.47. The van der Waals surface area contributed by atoms with Gasteiger partial charge < -0.3 is 21.1 Å². The minimum Gasteiger partial charge on any atom is -0.481 e. The minimum atomic E-state index is -2.66. The number of hydrogen-bond acceptors (Lipinski definition) is 3. The molecule has 1 aromatic carbocycles. The Hall–Kier alpha value is -2.71. The van der Waals surface area contributed by atoms with Crippen molar-refractivity contribution in [2.75, 3.05) is 13.1 Å². The quantitative estimate of drug-likeness (QED) is 0.504. The van der Waals surface area contributed by atoms with Crippen LogP contribution in [-0.4, -0.2) is 48.6 Å². The third-order valence-corrected chi connectivity index (χ3v) is 3.23. The van der Waals surface area contributed by atoms with E-state index in [1.807, 2.05) is 35.6 Å². The van der Waals surface area contributed by atoms with Crippen molar-refractivity contribution in [3.63, 3.8) is 0 Å². The number of carbonyl (C=O) groups is 3. The molecule has 3 amide bonds. The van der Waals surface area contributed by atoms with Crippen molar-refractivity contribution in [2.45, 2.75) is 31.7 Å². The fourth-order valence-electron chi connectivity index (χ4n) is 2.07. The predicted molar refractivity (Wildman–Crippen MR) is 86.4 cm³/mol. The molecule has 0 fully saturated rings. The molecule has 1 unspecified atom stereocenters. The SMILES string of the molecule is O=C(O)CCC(Cc1ccccc1)NC(=O)NCC(=O)NCC(F)F. The van der Waals surface area contributed by atoms with Crippen LogP contribution in [0.5, 0.6) is 0 Å². The second-order valence-corrected chi connectivity index (χ2v) is 5.34. The first-order valence-electron chi connectivity index (χ1n) is 7.71. The number of nitrogens with one attached hydrogen (secondary N) is 3. The van der Waals surface area contributed by atoms with E-state index in [4.69, 9.17) is 5.11 Å². The van der Waals surface area contributed by atoms with Crippen LogP contribution in [0.3, 0.4) is 0 Å². The molecule has 0 saturated heterocycles. The first-order valence-corrected chi connectivity index (χ1v) is 7.71. The lowest BCUT2D eigenvalue weighted by molar-refractivity contribution is -0.137. The van der Waals surface area contributed by atoms with Crippen LogP contribution < -0.4 is 16.0 Å². The Kier molecular flexibility index (Phi) is 8.91. The third kappa shape index (κ3) is 9.90. The molecule has 0 aliphatic rings. The van der Waals surface area contributed by atoms with Gasteiger partial charge in [-0.2, -0.15) is 0 Å². The van der Waals surface area contributed by atoms with Crippen LogP contribution in [0.2, 0.25) is 0 Å². The maximum absolute atomic E-state index is 12.0. The second-order valence-electron chi connectivity index (χ2n) is 5.34. The number of urea groups is 1. The maximum atomic E-state index is 12.0. The van der Waals surface area contributed by atoms with E-state index in [0.29, 0.717) is 6.42 Å². The van der Waals surface area contributed by atoms with Gasteiger partial charge in [0.15, 0.2) is 0 Å². The highest BCUT2D eigenvalue weighted by molar-refractivity contribution is 5.84. The van der Waals surface area contributed by atoms with Gasteiger partial charge in [0.25, 0.3) is 6.43 Å². The largest absolute Gasteiger partial charge is 0.481 e. The van der Waals surface area contributed by atoms with E-state index in [-0.39, 0.29) is 12.8 Å². The van der Waals surface area contributed by atoms with Gasteiger partial charge in [-0.3, -0.25) is 9.59 Å². The van der Waals surface area contributed by atoms with E-state index < -0.39 is 43.5 Å². The van der Waals surface area contributed by atoms with Gasteiger partial charge >= 0.3 is 12.0 Å². The van der Waals surface area contributed by atoms with Crippen molar-refractivity contribution in [2.24, 2.45) is 0 Å². The standard InChI is InChI=1S/C16H21F2N3O4/c17-13(18)9-19-14(22)10-20-16(25)21-12(6-7-15(23)24)8-11-4-2-1-3-5-11/h1-5,12-13H,6-10H2,(H,19,22)(H,23,24)(H2,20,21,25). The third-order valence-electron chi connectivity index (χ3n) is 3.23. The summed E-state index contributed by atoms with van der Waals surface area (Å²) >= 11 is 0. The van der Waals surface area contributed by atoms with E-state index in [9.17, 15) is 23.2 Å². The van der Waals surface area contributed by atoms with Crippen molar-refractivity contribution in [1.82, 2.24) is 16.0 Å². The van der Waals surface area contributed by atoms with E-state index in [1.165, 1.54) is 0 Å². The Balaban J connectivity index is 2.47. The minimum absolute atomic E-state index is 0.118. The van der Waals surface area contributed by atoms with Gasteiger partial charge in [0.1, 0.15) is 0 Å². The van der Waals surface area contributed by atoms with E-state index in [2.05, 4.69) is 10.6 Å².